The Morgan fingerprint density at radius 2 is 0.973 bits per heavy atom. The van der Waals surface area contributed by atoms with E-state index in [2.05, 4.69) is 84.6 Å². The lowest BCUT2D eigenvalue weighted by Gasteiger charge is -2.11. The van der Waals surface area contributed by atoms with Gasteiger partial charge in [0.25, 0.3) is 0 Å². The number of aryl methyl sites for hydroxylation is 6. The lowest BCUT2D eigenvalue weighted by Crippen LogP contribution is -2.03. The molecular weight excluding hydrogens is 458 g/mol. The molecule has 0 aliphatic heterocycles. The molecule has 0 unspecified atom stereocenters. The van der Waals surface area contributed by atoms with E-state index in [1.54, 1.807) is 0 Å². The van der Waals surface area contributed by atoms with Crippen molar-refractivity contribution in [1.29, 1.82) is 0 Å². The number of unbranched alkanes of at least 4 members (excludes halogenated alkanes) is 2. The summed E-state index contributed by atoms with van der Waals surface area (Å²) in [6, 6.07) is 8.65. The Hall–Kier alpha value is -3.34. The Kier molecular flexibility index (Phi) is 10.1. The van der Waals surface area contributed by atoms with Gasteiger partial charge in [0.2, 0.25) is 0 Å². The molecule has 0 radical (unpaired) electrons. The highest BCUT2D eigenvalue weighted by atomic mass is 16.5. The average molecular weight is 502 g/mol. The van der Waals surface area contributed by atoms with Crippen molar-refractivity contribution >= 4 is 23.8 Å². The van der Waals surface area contributed by atoms with Gasteiger partial charge in [-0.1, -0.05) is 62.1 Å². The highest BCUT2D eigenvalue weighted by Gasteiger charge is 2.19. The molecule has 5 heteroatoms. The third kappa shape index (κ3) is 7.34. The summed E-state index contributed by atoms with van der Waals surface area (Å²) in [6.07, 6.45) is 7.77. The molecule has 0 saturated heterocycles. The van der Waals surface area contributed by atoms with Crippen LogP contribution in [0.5, 0.6) is 11.5 Å². The predicted octanol–water partition coefficient (Wildman–Crippen LogP) is 8.72. The molecule has 37 heavy (non-hydrogen) atoms. The lowest BCUT2D eigenvalue weighted by molar-refractivity contribution is 0.263. The van der Waals surface area contributed by atoms with E-state index < -0.39 is 0 Å². The molecule has 0 bridgehead atoms. The molecule has 0 saturated carbocycles. The third-order valence-corrected chi connectivity index (χ3v) is 6.37. The molecule has 1 N–H and O–H groups in total. The van der Waals surface area contributed by atoms with Crippen LogP contribution < -0.4 is 9.47 Å². The van der Waals surface area contributed by atoms with Crippen LogP contribution in [-0.4, -0.2) is 30.6 Å². The zero-order valence-corrected chi connectivity index (χ0v) is 23.9. The van der Waals surface area contributed by atoms with Gasteiger partial charge in [-0.3, -0.25) is 9.98 Å². The minimum Gasteiger partial charge on any atom is -0.488 e. The van der Waals surface area contributed by atoms with E-state index in [0.717, 1.165) is 70.7 Å². The lowest BCUT2D eigenvalue weighted by atomic mass is 10.1. The van der Waals surface area contributed by atoms with Crippen molar-refractivity contribution in [2.45, 2.75) is 81.1 Å². The van der Waals surface area contributed by atoms with Crippen LogP contribution in [0.1, 0.15) is 84.3 Å². The fourth-order valence-corrected chi connectivity index (χ4v) is 4.62. The normalized spacial score (nSPS) is 11.7. The molecule has 0 amide bonds. The Balaban J connectivity index is 2.08. The van der Waals surface area contributed by atoms with E-state index >= 15 is 0 Å². The largest absolute Gasteiger partial charge is 0.488 e. The van der Waals surface area contributed by atoms with Gasteiger partial charge < -0.3 is 14.5 Å². The second kappa shape index (κ2) is 13.3. The van der Waals surface area contributed by atoms with Gasteiger partial charge in [-0.25, -0.2) is 0 Å². The number of hydrogen-bond donors (Lipinski definition) is 1. The summed E-state index contributed by atoms with van der Waals surface area (Å²) < 4.78 is 12.6. The molecular formula is C32H43N3O2. The van der Waals surface area contributed by atoms with Crippen molar-refractivity contribution in [2.24, 2.45) is 9.98 Å². The molecule has 3 rings (SSSR count). The number of rotatable bonds is 12. The fourth-order valence-electron chi connectivity index (χ4n) is 4.62. The Bertz CT molecular complexity index is 1130. The van der Waals surface area contributed by atoms with Gasteiger partial charge >= 0.3 is 0 Å². The summed E-state index contributed by atoms with van der Waals surface area (Å²) in [5.74, 6) is 1.41. The van der Waals surface area contributed by atoms with E-state index in [-0.39, 0.29) is 0 Å². The van der Waals surface area contributed by atoms with Gasteiger partial charge in [0, 0.05) is 0 Å². The van der Waals surface area contributed by atoms with E-state index in [9.17, 15) is 0 Å². The number of nitrogens with one attached hydrogen (secondary N) is 1. The van der Waals surface area contributed by atoms with Crippen molar-refractivity contribution < 1.29 is 9.47 Å². The van der Waals surface area contributed by atoms with Crippen molar-refractivity contribution in [2.75, 3.05) is 13.2 Å². The molecule has 1 aromatic heterocycles. The number of aromatic amines is 1. The predicted molar refractivity (Wildman–Crippen MR) is 157 cm³/mol. The highest BCUT2D eigenvalue weighted by Crippen LogP contribution is 2.36. The smallest absolute Gasteiger partial charge is 0.188 e. The first kappa shape index (κ1) is 28.2. The molecule has 0 spiro atoms. The maximum absolute atomic E-state index is 6.29. The van der Waals surface area contributed by atoms with Gasteiger partial charge in [0.1, 0.15) is 11.4 Å². The summed E-state index contributed by atoms with van der Waals surface area (Å²) in [7, 11) is 0. The second-order valence-electron chi connectivity index (χ2n) is 10.0. The van der Waals surface area contributed by atoms with Crippen LogP contribution in [0.15, 0.2) is 34.3 Å². The Morgan fingerprint density at radius 1 is 0.622 bits per heavy atom. The molecule has 1 heterocycles. The van der Waals surface area contributed by atoms with E-state index in [1.807, 2.05) is 12.4 Å². The Labute approximate surface area is 223 Å². The van der Waals surface area contributed by atoms with Crippen LogP contribution in [0.2, 0.25) is 0 Å². The fraction of sp³-hybridized carbons (Fsp3) is 0.438. The zero-order valence-electron chi connectivity index (χ0n) is 23.9. The highest BCUT2D eigenvalue weighted by molar-refractivity contribution is 5.93. The first-order valence-electron chi connectivity index (χ1n) is 13.5. The molecule has 3 aromatic rings. The first-order valence-corrected chi connectivity index (χ1v) is 13.5. The summed E-state index contributed by atoms with van der Waals surface area (Å²) in [5, 5.41) is 0. The average Bonchev–Trinajstić information content (AvgIpc) is 3.14. The van der Waals surface area contributed by atoms with Crippen molar-refractivity contribution in [3.8, 4) is 11.5 Å². The molecule has 0 atom stereocenters. The van der Waals surface area contributed by atoms with Crippen molar-refractivity contribution in [3.05, 3.63) is 69.0 Å². The van der Waals surface area contributed by atoms with E-state index in [0.29, 0.717) is 24.7 Å². The minimum atomic E-state index is 0.620. The topological polar surface area (TPSA) is 59.0 Å². The van der Waals surface area contributed by atoms with Crippen LogP contribution in [0.4, 0.5) is 11.4 Å². The molecule has 5 nitrogen and oxygen atoms in total. The van der Waals surface area contributed by atoms with Gasteiger partial charge in [-0.05, 0) is 76.6 Å². The molecule has 0 aliphatic carbocycles. The molecule has 198 valence electrons. The number of nitrogens with zero attached hydrogens (tertiary/aromatic N) is 2. The van der Waals surface area contributed by atoms with E-state index in [4.69, 9.17) is 19.5 Å². The second-order valence-corrected chi connectivity index (χ2v) is 10.0. The maximum atomic E-state index is 6.29. The number of ether oxygens (including phenoxy) is 2. The monoisotopic (exact) mass is 501 g/mol. The van der Waals surface area contributed by atoms with Gasteiger partial charge in [0.05, 0.1) is 37.0 Å². The van der Waals surface area contributed by atoms with Crippen LogP contribution >= 0.6 is 0 Å². The van der Waals surface area contributed by atoms with Crippen LogP contribution in [0, 0.1) is 41.5 Å². The number of hydrogen-bond acceptors (Lipinski definition) is 4. The first-order chi connectivity index (χ1) is 17.7. The van der Waals surface area contributed by atoms with E-state index in [1.165, 1.54) is 11.1 Å². The van der Waals surface area contributed by atoms with Gasteiger partial charge in [0.15, 0.2) is 11.5 Å². The SMILES string of the molecule is CCCCOc1c(C=Nc2c(C)cc(C)cc2C)[nH]c(C=Nc2c(C)cc(C)cc2C)c1OCCCC. The summed E-state index contributed by atoms with van der Waals surface area (Å²) >= 11 is 0. The molecule has 0 aliphatic rings. The van der Waals surface area contributed by atoms with Crippen molar-refractivity contribution in [1.82, 2.24) is 4.98 Å². The number of aliphatic imine (C=N–C) groups is 2. The Morgan fingerprint density at radius 3 is 1.30 bits per heavy atom. The summed E-state index contributed by atoms with van der Waals surface area (Å²) in [4.78, 5) is 13.2. The standard InChI is InChI=1S/C32H43N3O2/c1-9-11-13-36-31-27(19-33-29-23(5)15-21(3)16-24(29)6)35-28(32(31)37-14-12-10-2)20-34-30-25(7)17-22(4)18-26(30)8/h15-20,35H,9-14H2,1-8H3. The number of benzene rings is 2. The summed E-state index contributed by atoms with van der Waals surface area (Å²) in [6.45, 7) is 18.2. The number of aromatic nitrogens is 1. The van der Waals surface area contributed by atoms with Crippen molar-refractivity contribution in [3.63, 3.8) is 0 Å². The number of H-pyrrole nitrogens is 1. The van der Waals surface area contributed by atoms with Gasteiger partial charge in [-0.15, -0.1) is 0 Å². The maximum Gasteiger partial charge on any atom is 0.188 e. The third-order valence-electron chi connectivity index (χ3n) is 6.37. The van der Waals surface area contributed by atoms with Crippen LogP contribution in [0.3, 0.4) is 0 Å². The summed E-state index contributed by atoms with van der Waals surface area (Å²) in [5.41, 5.74) is 10.6. The van der Waals surface area contributed by atoms with Crippen LogP contribution in [-0.2, 0) is 0 Å². The van der Waals surface area contributed by atoms with Gasteiger partial charge in [-0.2, -0.15) is 0 Å². The quantitative estimate of drug-likeness (QED) is 0.199. The minimum absolute atomic E-state index is 0.620. The molecule has 2 aromatic carbocycles. The van der Waals surface area contributed by atoms with Crippen LogP contribution in [0.25, 0.3) is 0 Å². The molecule has 0 fully saturated rings. The zero-order chi connectivity index (χ0) is 26.9.